The second kappa shape index (κ2) is 4.55. The molecule has 5 nitrogen and oxygen atoms in total. The zero-order valence-electron chi connectivity index (χ0n) is 10.0. The number of phenolic OH excluding ortho intramolecular Hbond substituents is 1. The van der Waals surface area contributed by atoms with Gasteiger partial charge in [0, 0.05) is 10.5 Å². The molecule has 0 fully saturated rings. The van der Waals surface area contributed by atoms with E-state index in [1.165, 1.54) is 0 Å². The van der Waals surface area contributed by atoms with Gasteiger partial charge in [-0.2, -0.15) is 4.98 Å². The topological polar surface area (TPSA) is 71.0 Å². The number of fused-ring (bicyclic) bond motifs is 1. The van der Waals surface area contributed by atoms with Crippen LogP contribution in [0.3, 0.4) is 0 Å². The summed E-state index contributed by atoms with van der Waals surface area (Å²) in [6.07, 6.45) is 0. The van der Waals surface area contributed by atoms with Crippen molar-refractivity contribution in [3.05, 3.63) is 34.8 Å². The predicted molar refractivity (Wildman–Crippen MR) is 75.2 cm³/mol. The van der Waals surface area contributed by atoms with Crippen molar-refractivity contribution in [2.75, 3.05) is 7.11 Å². The Hall–Kier alpha value is -2.08. The van der Waals surface area contributed by atoms with E-state index in [4.69, 9.17) is 4.74 Å². The number of hydrogen-bond acceptors (Lipinski definition) is 4. The van der Waals surface area contributed by atoms with Crippen LogP contribution in [0.15, 0.2) is 34.8 Å². The third kappa shape index (κ3) is 2.15. The van der Waals surface area contributed by atoms with Crippen molar-refractivity contribution in [1.82, 2.24) is 15.0 Å². The summed E-state index contributed by atoms with van der Waals surface area (Å²) < 4.78 is 5.87. The fraction of sp³-hybridized carbons (Fsp3) is 0.0769. The Morgan fingerprint density at radius 2 is 2.05 bits per heavy atom. The number of nitrogens with zero attached hydrogens (tertiary/aromatic N) is 2. The maximum absolute atomic E-state index is 9.94. The Bertz CT molecular complexity index is 755. The highest BCUT2D eigenvalue weighted by atomic mass is 79.9. The van der Waals surface area contributed by atoms with Crippen LogP contribution in [0.4, 0.5) is 0 Å². The monoisotopic (exact) mass is 319 g/mol. The third-order valence-electron chi connectivity index (χ3n) is 2.74. The summed E-state index contributed by atoms with van der Waals surface area (Å²) in [7, 11) is 1.56. The van der Waals surface area contributed by atoms with Crippen LogP contribution >= 0.6 is 15.9 Å². The first kappa shape index (κ1) is 12.0. The van der Waals surface area contributed by atoms with Gasteiger partial charge < -0.3 is 14.8 Å². The van der Waals surface area contributed by atoms with E-state index in [0.29, 0.717) is 22.9 Å². The van der Waals surface area contributed by atoms with Crippen molar-refractivity contribution < 1.29 is 9.84 Å². The summed E-state index contributed by atoms with van der Waals surface area (Å²) >= 11 is 3.30. The largest absolute Gasteiger partial charge is 0.507 e. The Morgan fingerprint density at radius 3 is 2.79 bits per heavy atom. The number of hydrogen-bond donors (Lipinski definition) is 2. The number of halogens is 1. The highest BCUT2D eigenvalue weighted by Crippen LogP contribution is 2.31. The molecule has 0 aliphatic carbocycles. The van der Waals surface area contributed by atoms with E-state index in [2.05, 4.69) is 30.9 Å². The molecular weight excluding hydrogens is 310 g/mol. The molecule has 0 radical (unpaired) electrons. The van der Waals surface area contributed by atoms with Crippen LogP contribution in [0.1, 0.15) is 0 Å². The molecule has 0 atom stereocenters. The van der Waals surface area contributed by atoms with E-state index < -0.39 is 0 Å². The quantitative estimate of drug-likeness (QED) is 0.761. The number of phenols is 1. The van der Waals surface area contributed by atoms with Gasteiger partial charge in [-0.05, 0) is 24.3 Å². The summed E-state index contributed by atoms with van der Waals surface area (Å²) in [6.45, 7) is 0. The van der Waals surface area contributed by atoms with Crippen molar-refractivity contribution >= 4 is 27.1 Å². The Morgan fingerprint density at radius 1 is 1.21 bits per heavy atom. The van der Waals surface area contributed by atoms with Crippen molar-refractivity contribution in [3.63, 3.8) is 0 Å². The normalized spacial score (nSPS) is 10.8. The van der Waals surface area contributed by atoms with Crippen LogP contribution in [0.5, 0.6) is 11.6 Å². The number of aromatic hydroxyl groups is 1. The van der Waals surface area contributed by atoms with Gasteiger partial charge in [-0.1, -0.05) is 15.9 Å². The van der Waals surface area contributed by atoms with Crippen LogP contribution < -0.4 is 4.74 Å². The lowest BCUT2D eigenvalue weighted by atomic mass is 10.2. The summed E-state index contributed by atoms with van der Waals surface area (Å²) in [4.78, 5) is 11.7. The highest BCUT2D eigenvalue weighted by molar-refractivity contribution is 9.10. The number of methoxy groups -OCH3 is 1. The number of benzene rings is 1. The molecule has 0 spiro atoms. The van der Waals surface area contributed by atoms with Crippen LogP contribution in [0, 0.1) is 0 Å². The molecule has 0 aliphatic heterocycles. The number of aromatic nitrogens is 3. The minimum Gasteiger partial charge on any atom is -0.507 e. The highest BCUT2D eigenvalue weighted by Gasteiger charge is 2.11. The molecule has 0 amide bonds. The summed E-state index contributed by atoms with van der Waals surface area (Å²) in [6, 6.07) is 8.85. The molecule has 19 heavy (non-hydrogen) atoms. The molecule has 0 bridgehead atoms. The minimum atomic E-state index is 0.153. The third-order valence-corrected chi connectivity index (χ3v) is 3.24. The molecule has 0 saturated carbocycles. The maximum Gasteiger partial charge on any atom is 0.215 e. The molecule has 2 N–H and O–H groups in total. The Labute approximate surface area is 117 Å². The molecule has 3 rings (SSSR count). The molecule has 2 heterocycles. The van der Waals surface area contributed by atoms with Gasteiger partial charge in [-0.15, -0.1) is 0 Å². The molecule has 0 saturated heterocycles. The molecule has 6 heteroatoms. The van der Waals surface area contributed by atoms with Crippen LogP contribution in [0.2, 0.25) is 0 Å². The maximum atomic E-state index is 9.94. The minimum absolute atomic E-state index is 0.153. The van der Waals surface area contributed by atoms with Gasteiger partial charge in [0.05, 0.1) is 18.2 Å². The van der Waals surface area contributed by atoms with E-state index in [9.17, 15) is 5.11 Å². The van der Waals surface area contributed by atoms with E-state index in [1.54, 1.807) is 25.3 Å². The molecular formula is C13H10BrN3O2. The van der Waals surface area contributed by atoms with Crippen LogP contribution in [-0.2, 0) is 0 Å². The lowest BCUT2D eigenvalue weighted by Gasteiger charge is -2.00. The van der Waals surface area contributed by atoms with Crippen LogP contribution in [-0.4, -0.2) is 27.2 Å². The predicted octanol–water partition coefficient (Wildman–Crippen LogP) is 3.10. The standard InChI is InChI=1S/C13H10BrN3O2/c1-19-11-5-4-9-13(16-11)17-12(15-9)8-3-2-7(14)6-10(8)18/h2-6,18H,1H3,(H,15,16,17). The number of pyridine rings is 1. The van der Waals surface area contributed by atoms with Crippen molar-refractivity contribution in [3.8, 4) is 23.0 Å². The molecule has 0 aliphatic rings. The van der Waals surface area contributed by atoms with Crippen LogP contribution in [0.25, 0.3) is 22.6 Å². The smallest absolute Gasteiger partial charge is 0.215 e. The summed E-state index contributed by atoms with van der Waals surface area (Å²) in [5, 5.41) is 9.94. The van der Waals surface area contributed by atoms with E-state index in [-0.39, 0.29) is 5.75 Å². The first-order valence-electron chi connectivity index (χ1n) is 5.57. The number of imidazole rings is 1. The number of ether oxygens (including phenoxy) is 1. The molecule has 2 aromatic heterocycles. The lowest BCUT2D eigenvalue weighted by molar-refractivity contribution is 0.399. The van der Waals surface area contributed by atoms with Crippen molar-refractivity contribution in [2.45, 2.75) is 0 Å². The van der Waals surface area contributed by atoms with Gasteiger partial charge in [0.15, 0.2) is 5.65 Å². The van der Waals surface area contributed by atoms with Gasteiger partial charge in [0.2, 0.25) is 5.88 Å². The zero-order chi connectivity index (χ0) is 13.4. The van der Waals surface area contributed by atoms with E-state index in [0.717, 1.165) is 9.99 Å². The fourth-order valence-corrected chi connectivity index (χ4v) is 2.17. The average molecular weight is 320 g/mol. The van der Waals surface area contributed by atoms with Gasteiger partial charge in [0.25, 0.3) is 0 Å². The van der Waals surface area contributed by atoms with Gasteiger partial charge in [-0.3, -0.25) is 0 Å². The van der Waals surface area contributed by atoms with E-state index >= 15 is 0 Å². The zero-order valence-corrected chi connectivity index (χ0v) is 11.6. The Kier molecular flexibility index (Phi) is 2.87. The van der Waals surface area contributed by atoms with Gasteiger partial charge in [0.1, 0.15) is 11.6 Å². The number of nitrogens with one attached hydrogen (secondary N) is 1. The SMILES string of the molecule is COc1ccc2[nH]c(-c3ccc(Br)cc3O)nc2n1. The van der Waals surface area contributed by atoms with Crippen molar-refractivity contribution in [1.29, 1.82) is 0 Å². The lowest BCUT2D eigenvalue weighted by Crippen LogP contribution is -1.86. The first-order valence-corrected chi connectivity index (χ1v) is 6.36. The Balaban J connectivity index is 2.14. The number of aromatic amines is 1. The number of rotatable bonds is 2. The van der Waals surface area contributed by atoms with E-state index in [1.807, 2.05) is 12.1 Å². The second-order valence-corrected chi connectivity index (χ2v) is 4.89. The fourth-order valence-electron chi connectivity index (χ4n) is 1.82. The molecule has 96 valence electrons. The van der Waals surface area contributed by atoms with Gasteiger partial charge >= 0.3 is 0 Å². The van der Waals surface area contributed by atoms with Crippen molar-refractivity contribution in [2.24, 2.45) is 0 Å². The molecule has 0 unspecified atom stereocenters. The molecule has 3 aromatic rings. The molecule has 1 aromatic carbocycles. The number of H-pyrrole nitrogens is 1. The second-order valence-electron chi connectivity index (χ2n) is 3.97. The summed E-state index contributed by atoms with van der Waals surface area (Å²) in [5.74, 6) is 1.23. The van der Waals surface area contributed by atoms with Gasteiger partial charge in [-0.25, -0.2) is 4.98 Å². The average Bonchev–Trinajstić information content (AvgIpc) is 2.80. The first-order chi connectivity index (χ1) is 9.17. The summed E-state index contributed by atoms with van der Waals surface area (Å²) in [5.41, 5.74) is 1.97.